The van der Waals surface area contributed by atoms with E-state index in [1.807, 2.05) is 25.1 Å². The number of carbonyl (C=O) groups is 1. The molecule has 0 bridgehead atoms. The summed E-state index contributed by atoms with van der Waals surface area (Å²) >= 11 is 0. The molecule has 2 N–H and O–H groups in total. The van der Waals surface area contributed by atoms with Crippen molar-refractivity contribution in [3.63, 3.8) is 0 Å². The summed E-state index contributed by atoms with van der Waals surface area (Å²) in [5, 5.41) is 6.07. The number of hydrazone groups is 1. The predicted molar refractivity (Wildman–Crippen MR) is 76.6 cm³/mol. The molecule has 1 aliphatic rings. The van der Waals surface area contributed by atoms with Gasteiger partial charge in [0.25, 0.3) is 5.91 Å². The molecule has 4 nitrogen and oxygen atoms in total. The number of rotatable bonds is 5. The van der Waals surface area contributed by atoms with Crippen molar-refractivity contribution in [3.05, 3.63) is 35.4 Å². The van der Waals surface area contributed by atoms with Crippen molar-refractivity contribution >= 4 is 11.6 Å². The van der Waals surface area contributed by atoms with Gasteiger partial charge < -0.3 is 5.73 Å². The van der Waals surface area contributed by atoms with Gasteiger partial charge in [-0.2, -0.15) is 5.10 Å². The van der Waals surface area contributed by atoms with Crippen molar-refractivity contribution in [1.82, 2.24) is 5.01 Å². The lowest BCUT2D eigenvalue weighted by Crippen LogP contribution is -2.29. The van der Waals surface area contributed by atoms with Crippen LogP contribution in [0, 0.1) is 12.8 Å². The van der Waals surface area contributed by atoms with Gasteiger partial charge in [0, 0.05) is 0 Å². The van der Waals surface area contributed by atoms with Crippen molar-refractivity contribution in [3.8, 4) is 0 Å². The zero-order valence-electron chi connectivity index (χ0n) is 11.6. The van der Waals surface area contributed by atoms with Crippen molar-refractivity contribution < 1.29 is 4.79 Å². The second kappa shape index (κ2) is 5.97. The minimum Gasteiger partial charge on any atom is -0.330 e. The van der Waals surface area contributed by atoms with Crippen molar-refractivity contribution in [1.29, 1.82) is 0 Å². The Labute approximate surface area is 114 Å². The van der Waals surface area contributed by atoms with Crippen LogP contribution in [0.4, 0.5) is 0 Å². The molecule has 0 saturated heterocycles. The molecule has 4 heteroatoms. The fourth-order valence-corrected chi connectivity index (χ4v) is 2.43. The van der Waals surface area contributed by atoms with Gasteiger partial charge in [0.05, 0.1) is 18.2 Å². The third kappa shape index (κ3) is 2.84. The van der Waals surface area contributed by atoms with Gasteiger partial charge in [-0.3, -0.25) is 4.79 Å². The van der Waals surface area contributed by atoms with E-state index < -0.39 is 0 Å². The SMILES string of the molecule is CCC1=NN(Cc2ccccc2C)C(=O)C1CCN. The summed E-state index contributed by atoms with van der Waals surface area (Å²) in [7, 11) is 0. The van der Waals surface area contributed by atoms with Crippen LogP contribution in [0.25, 0.3) is 0 Å². The average Bonchev–Trinajstić information content (AvgIpc) is 2.70. The summed E-state index contributed by atoms with van der Waals surface area (Å²) in [6.45, 7) is 5.16. The topological polar surface area (TPSA) is 58.7 Å². The highest BCUT2D eigenvalue weighted by Crippen LogP contribution is 2.23. The molecule has 1 aliphatic heterocycles. The molecule has 1 aromatic rings. The van der Waals surface area contributed by atoms with Crippen LogP contribution >= 0.6 is 0 Å². The first-order valence-electron chi connectivity index (χ1n) is 6.80. The Morgan fingerprint density at radius 1 is 1.37 bits per heavy atom. The molecule has 0 aromatic heterocycles. The minimum absolute atomic E-state index is 0.0885. The van der Waals surface area contributed by atoms with E-state index in [0.29, 0.717) is 19.5 Å². The number of carbonyl (C=O) groups excluding carboxylic acids is 1. The molecule has 1 aromatic carbocycles. The summed E-state index contributed by atoms with van der Waals surface area (Å²) in [6.07, 6.45) is 1.50. The van der Waals surface area contributed by atoms with Crippen LogP contribution in [-0.4, -0.2) is 23.2 Å². The van der Waals surface area contributed by atoms with Crippen LogP contribution < -0.4 is 5.73 Å². The Balaban J connectivity index is 2.16. The fourth-order valence-electron chi connectivity index (χ4n) is 2.43. The fraction of sp³-hybridized carbons (Fsp3) is 0.467. The second-order valence-electron chi connectivity index (χ2n) is 4.90. The molecule has 0 spiro atoms. The molecular formula is C15H21N3O. The lowest BCUT2D eigenvalue weighted by atomic mass is 9.97. The van der Waals surface area contributed by atoms with Gasteiger partial charge in [-0.1, -0.05) is 31.2 Å². The van der Waals surface area contributed by atoms with Gasteiger partial charge in [-0.15, -0.1) is 0 Å². The maximum absolute atomic E-state index is 12.3. The number of nitrogens with zero attached hydrogens (tertiary/aromatic N) is 2. The van der Waals surface area contributed by atoms with Crippen LogP contribution in [0.5, 0.6) is 0 Å². The van der Waals surface area contributed by atoms with Gasteiger partial charge in [0.2, 0.25) is 0 Å². The largest absolute Gasteiger partial charge is 0.330 e. The first kappa shape index (κ1) is 13.7. The smallest absolute Gasteiger partial charge is 0.251 e. The highest BCUT2D eigenvalue weighted by molar-refractivity contribution is 6.07. The molecule has 0 aliphatic carbocycles. The molecular weight excluding hydrogens is 238 g/mol. The highest BCUT2D eigenvalue weighted by atomic mass is 16.2. The Hall–Kier alpha value is -1.68. The van der Waals surface area contributed by atoms with Crippen LogP contribution in [0.1, 0.15) is 30.9 Å². The molecule has 1 unspecified atom stereocenters. The number of benzene rings is 1. The quantitative estimate of drug-likeness (QED) is 0.880. The van der Waals surface area contributed by atoms with Gasteiger partial charge in [-0.05, 0) is 37.4 Å². The third-order valence-corrected chi connectivity index (χ3v) is 3.60. The van der Waals surface area contributed by atoms with Crippen LogP contribution in [0.3, 0.4) is 0 Å². The van der Waals surface area contributed by atoms with E-state index in [1.165, 1.54) is 5.56 Å². The second-order valence-corrected chi connectivity index (χ2v) is 4.90. The van der Waals surface area contributed by atoms with Gasteiger partial charge >= 0.3 is 0 Å². The standard InChI is InChI=1S/C15H21N3O/c1-3-14-13(8-9-16)15(19)18(17-14)10-12-7-5-4-6-11(12)2/h4-7,13H,3,8-10,16H2,1-2H3. The number of amides is 1. The van der Waals surface area contributed by atoms with Crippen LogP contribution in [-0.2, 0) is 11.3 Å². The summed E-state index contributed by atoms with van der Waals surface area (Å²) in [6, 6.07) is 8.09. The summed E-state index contributed by atoms with van der Waals surface area (Å²) < 4.78 is 0. The first-order valence-corrected chi connectivity index (χ1v) is 6.80. The third-order valence-electron chi connectivity index (χ3n) is 3.60. The van der Waals surface area contributed by atoms with Crippen molar-refractivity contribution in [2.45, 2.75) is 33.2 Å². The van der Waals surface area contributed by atoms with E-state index in [0.717, 1.165) is 17.7 Å². The monoisotopic (exact) mass is 259 g/mol. The Bertz CT molecular complexity index is 496. The normalized spacial score (nSPS) is 18.9. The van der Waals surface area contributed by atoms with Crippen LogP contribution in [0.15, 0.2) is 29.4 Å². The van der Waals surface area contributed by atoms with E-state index in [2.05, 4.69) is 18.1 Å². The molecule has 1 atom stereocenters. The molecule has 0 fully saturated rings. The van der Waals surface area contributed by atoms with E-state index in [1.54, 1.807) is 5.01 Å². The molecule has 19 heavy (non-hydrogen) atoms. The molecule has 1 amide bonds. The van der Waals surface area contributed by atoms with Crippen molar-refractivity contribution in [2.75, 3.05) is 6.54 Å². The van der Waals surface area contributed by atoms with Gasteiger partial charge in [-0.25, -0.2) is 5.01 Å². The molecule has 0 radical (unpaired) electrons. The zero-order valence-corrected chi connectivity index (χ0v) is 11.6. The molecule has 0 saturated carbocycles. The number of nitrogens with two attached hydrogens (primary N) is 1. The van der Waals surface area contributed by atoms with Gasteiger partial charge in [0.1, 0.15) is 0 Å². The van der Waals surface area contributed by atoms with Gasteiger partial charge in [0.15, 0.2) is 0 Å². The molecule has 102 valence electrons. The Kier molecular flexibility index (Phi) is 4.32. The maximum atomic E-state index is 12.3. The number of aryl methyl sites for hydroxylation is 1. The Morgan fingerprint density at radius 3 is 2.74 bits per heavy atom. The minimum atomic E-state index is -0.112. The van der Waals surface area contributed by atoms with E-state index >= 15 is 0 Å². The van der Waals surface area contributed by atoms with E-state index in [-0.39, 0.29) is 11.8 Å². The summed E-state index contributed by atoms with van der Waals surface area (Å²) in [5.74, 6) is -0.0235. The Morgan fingerprint density at radius 2 is 2.11 bits per heavy atom. The lowest BCUT2D eigenvalue weighted by Gasteiger charge is -2.15. The molecule has 2 rings (SSSR count). The first-order chi connectivity index (χ1) is 9.17. The number of hydrogen-bond donors (Lipinski definition) is 1. The summed E-state index contributed by atoms with van der Waals surface area (Å²) in [4.78, 5) is 12.3. The zero-order chi connectivity index (χ0) is 13.8. The number of hydrogen-bond acceptors (Lipinski definition) is 3. The lowest BCUT2D eigenvalue weighted by molar-refractivity contribution is -0.132. The average molecular weight is 259 g/mol. The van der Waals surface area contributed by atoms with Crippen LogP contribution in [0.2, 0.25) is 0 Å². The molecule has 1 heterocycles. The van der Waals surface area contributed by atoms with E-state index in [4.69, 9.17) is 5.73 Å². The summed E-state index contributed by atoms with van der Waals surface area (Å²) in [5.41, 5.74) is 8.87. The highest BCUT2D eigenvalue weighted by Gasteiger charge is 2.33. The maximum Gasteiger partial charge on any atom is 0.251 e. The van der Waals surface area contributed by atoms with E-state index in [9.17, 15) is 4.79 Å². The van der Waals surface area contributed by atoms with Crippen molar-refractivity contribution in [2.24, 2.45) is 16.8 Å². The predicted octanol–water partition coefficient (Wildman–Crippen LogP) is 2.07.